The van der Waals surface area contributed by atoms with E-state index in [9.17, 15) is 4.79 Å². The monoisotopic (exact) mass is 290 g/mol. The summed E-state index contributed by atoms with van der Waals surface area (Å²) in [5, 5.41) is 2.87. The summed E-state index contributed by atoms with van der Waals surface area (Å²) in [6, 6.07) is 9.14. The van der Waals surface area contributed by atoms with Gasteiger partial charge >= 0.3 is 0 Å². The lowest BCUT2D eigenvalue weighted by Crippen LogP contribution is -2.12. The second-order valence-corrected chi connectivity index (χ2v) is 4.56. The van der Waals surface area contributed by atoms with Crippen LogP contribution in [-0.2, 0) is 0 Å². The number of aryl methyl sites for hydroxylation is 1. The number of pyridine rings is 1. The Kier molecular flexibility index (Phi) is 3.54. The number of aromatic nitrogens is 1. The van der Waals surface area contributed by atoms with Gasteiger partial charge in [-0.1, -0.05) is 22.0 Å². The zero-order valence-corrected chi connectivity index (χ0v) is 10.9. The standard InChI is InChI=1S/C13H11BrN2O/c1-9-2-3-11(14)8-12(9)16-13(17)10-4-6-15-7-5-10/h2-8H,1H3,(H,16,17). The number of hydrogen-bond donors (Lipinski definition) is 1. The van der Waals surface area contributed by atoms with Gasteiger partial charge in [0.1, 0.15) is 0 Å². The molecule has 1 aromatic heterocycles. The van der Waals surface area contributed by atoms with Crippen molar-refractivity contribution in [3.05, 3.63) is 58.3 Å². The molecule has 1 aromatic carbocycles. The van der Waals surface area contributed by atoms with Crippen LogP contribution in [0.25, 0.3) is 0 Å². The van der Waals surface area contributed by atoms with Gasteiger partial charge in [-0.25, -0.2) is 0 Å². The zero-order valence-electron chi connectivity index (χ0n) is 9.27. The van der Waals surface area contributed by atoms with Crippen LogP contribution in [0.15, 0.2) is 47.2 Å². The lowest BCUT2D eigenvalue weighted by atomic mass is 10.2. The molecular weight excluding hydrogens is 280 g/mol. The fourth-order valence-corrected chi connectivity index (χ4v) is 1.79. The smallest absolute Gasteiger partial charge is 0.255 e. The third-order valence-corrected chi connectivity index (χ3v) is 2.88. The Bertz CT molecular complexity index is 540. The highest BCUT2D eigenvalue weighted by atomic mass is 79.9. The van der Waals surface area contributed by atoms with Gasteiger partial charge in [-0.3, -0.25) is 9.78 Å². The number of nitrogens with one attached hydrogen (secondary N) is 1. The Morgan fingerprint density at radius 3 is 2.65 bits per heavy atom. The van der Waals surface area contributed by atoms with E-state index in [1.54, 1.807) is 24.5 Å². The summed E-state index contributed by atoms with van der Waals surface area (Å²) >= 11 is 3.38. The molecule has 1 amide bonds. The number of rotatable bonds is 2. The molecule has 0 spiro atoms. The number of benzene rings is 1. The molecule has 4 heteroatoms. The van der Waals surface area contributed by atoms with E-state index in [2.05, 4.69) is 26.2 Å². The van der Waals surface area contributed by atoms with Gasteiger partial charge in [0, 0.05) is 28.1 Å². The number of amides is 1. The van der Waals surface area contributed by atoms with Crippen LogP contribution in [0, 0.1) is 6.92 Å². The van der Waals surface area contributed by atoms with Gasteiger partial charge in [0.2, 0.25) is 0 Å². The normalized spacial score (nSPS) is 10.0. The maximum atomic E-state index is 11.9. The molecule has 86 valence electrons. The molecule has 2 aromatic rings. The fourth-order valence-electron chi connectivity index (χ4n) is 1.43. The van der Waals surface area contributed by atoms with Crippen LogP contribution < -0.4 is 5.32 Å². The van der Waals surface area contributed by atoms with Gasteiger partial charge in [-0.2, -0.15) is 0 Å². The highest BCUT2D eigenvalue weighted by Crippen LogP contribution is 2.21. The molecule has 0 bridgehead atoms. The largest absolute Gasteiger partial charge is 0.322 e. The van der Waals surface area contributed by atoms with Crippen LogP contribution in [0.2, 0.25) is 0 Å². The molecule has 1 N–H and O–H groups in total. The van der Waals surface area contributed by atoms with Crippen LogP contribution in [0.5, 0.6) is 0 Å². The summed E-state index contributed by atoms with van der Waals surface area (Å²) in [4.78, 5) is 15.8. The molecule has 3 nitrogen and oxygen atoms in total. The Hall–Kier alpha value is -1.68. The van der Waals surface area contributed by atoms with E-state index in [4.69, 9.17) is 0 Å². The average Bonchev–Trinajstić information content (AvgIpc) is 2.35. The van der Waals surface area contributed by atoms with Crippen molar-refractivity contribution in [3.8, 4) is 0 Å². The minimum Gasteiger partial charge on any atom is -0.322 e. The van der Waals surface area contributed by atoms with Crippen molar-refractivity contribution in [3.63, 3.8) is 0 Å². The highest BCUT2D eigenvalue weighted by molar-refractivity contribution is 9.10. The van der Waals surface area contributed by atoms with Crippen molar-refractivity contribution in [2.75, 3.05) is 5.32 Å². The molecule has 0 saturated carbocycles. The first-order chi connectivity index (χ1) is 8.16. The number of anilines is 1. The van der Waals surface area contributed by atoms with Crippen molar-refractivity contribution in [2.45, 2.75) is 6.92 Å². The van der Waals surface area contributed by atoms with Gasteiger partial charge in [0.05, 0.1) is 0 Å². The second kappa shape index (κ2) is 5.10. The van der Waals surface area contributed by atoms with Gasteiger partial charge in [0.25, 0.3) is 5.91 Å². The van der Waals surface area contributed by atoms with E-state index in [1.165, 1.54) is 0 Å². The highest BCUT2D eigenvalue weighted by Gasteiger charge is 2.07. The Balaban J connectivity index is 2.22. The zero-order chi connectivity index (χ0) is 12.3. The second-order valence-electron chi connectivity index (χ2n) is 3.65. The van der Waals surface area contributed by atoms with E-state index in [-0.39, 0.29) is 5.91 Å². The molecule has 0 atom stereocenters. The summed E-state index contributed by atoms with van der Waals surface area (Å²) in [7, 11) is 0. The summed E-state index contributed by atoms with van der Waals surface area (Å²) < 4.78 is 0.938. The van der Waals surface area contributed by atoms with Crippen LogP contribution in [0.4, 0.5) is 5.69 Å². The van der Waals surface area contributed by atoms with Crippen LogP contribution in [0.3, 0.4) is 0 Å². The van der Waals surface area contributed by atoms with Crippen LogP contribution >= 0.6 is 15.9 Å². The van der Waals surface area contributed by atoms with Crippen molar-refractivity contribution in [1.29, 1.82) is 0 Å². The van der Waals surface area contributed by atoms with Gasteiger partial charge in [-0.05, 0) is 36.8 Å². The minimum absolute atomic E-state index is 0.131. The average molecular weight is 291 g/mol. The van der Waals surface area contributed by atoms with Crippen molar-refractivity contribution in [2.24, 2.45) is 0 Å². The molecule has 0 aliphatic heterocycles. The maximum Gasteiger partial charge on any atom is 0.255 e. The molecule has 0 aliphatic carbocycles. The number of halogens is 1. The van der Waals surface area contributed by atoms with Gasteiger partial charge < -0.3 is 5.32 Å². The molecular formula is C13H11BrN2O. The number of carbonyl (C=O) groups excluding carboxylic acids is 1. The predicted octanol–water partition coefficient (Wildman–Crippen LogP) is 3.40. The summed E-state index contributed by atoms with van der Waals surface area (Å²) in [6.07, 6.45) is 3.20. The first kappa shape index (κ1) is 11.8. The van der Waals surface area contributed by atoms with Gasteiger partial charge in [-0.15, -0.1) is 0 Å². The van der Waals surface area contributed by atoms with Gasteiger partial charge in [0.15, 0.2) is 0 Å². The van der Waals surface area contributed by atoms with Crippen LogP contribution in [0.1, 0.15) is 15.9 Å². The SMILES string of the molecule is Cc1ccc(Br)cc1NC(=O)c1ccncc1. The van der Waals surface area contributed by atoms with E-state index in [0.29, 0.717) is 5.56 Å². The van der Waals surface area contributed by atoms with Crippen molar-refractivity contribution in [1.82, 2.24) is 4.98 Å². The molecule has 0 radical (unpaired) electrons. The first-order valence-electron chi connectivity index (χ1n) is 5.14. The lowest BCUT2D eigenvalue weighted by Gasteiger charge is -2.08. The third-order valence-electron chi connectivity index (χ3n) is 2.39. The number of nitrogens with zero attached hydrogens (tertiary/aromatic N) is 1. The Labute approximate surface area is 108 Å². The Morgan fingerprint density at radius 1 is 1.24 bits per heavy atom. The predicted molar refractivity (Wildman–Crippen MR) is 71.1 cm³/mol. The molecule has 17 heavy (non-hydrogen) atoms. The van der Waals surface area contributed by atoms with E-state index < -0.39 is 0 Å². The minimum atomic E-state index is -0.131. The molecule has 0 aliphatic rings. The number of carbonyl (C=O) groups is 1. The number of hydrogen-bond acceptors (Lipinski definition) is 2. The quantitative estimate of drug-likeness (QED) is 0.921. The molecule has 2 rings (SSSR count). The molecule has 0 unspecified atom stereocenters. The van der Waals surface area contributed by atoms with E-state index in [1.807, 2.05) is 25.1 Å². The third kappa shape index (κ3) is 2.91. The summed E-state index contributed by atoms with van der Waals surface area (Å²) in [5.74, 6) is -0.131. The maximum absolute atomic E-state index is 11.9. The van der Waals surface area contributed by atoms with E-state index in [0.717, 1.165) is 15.7 Å². The van der Waals surface area contributed by atoms with Crippen molar-refractivity contribution < 1.29 is 4.79 Å². The molecule has 0 fully saturated rings. The topological polar surface area (TPSA) is 42.0 Å². The van der Waals surface area contributed by atoms with Crippen LogP contribution in [-0.4, -0.2) is 10.9 Å². The van der Waals surface area contributed by atoms with E-state index >= 15 is 0 Å². The first-order valence-corrected chi connectivity index (χ1v) is 5.93. The Morgan fingerprint density at radius 2 is 1.94 bits per heavy atom. The molecule has 0 saturated heterocycles. The fraction of sp³-hybridized carbons (Fsp3) is 0.0769. The molecule has 1 heterocycles. The summed E-state index contributed by atoms with van der Waals surface area (Å²) in [6.45, 7) is 1.95. The lowest BCUT2D eigenvalue weighted by molar-refractivity contribution is 0.102. The summed E-state index contributed by atoms with van der Waals surface area (Å²) in [5.41, 5.74) is 2.43. The van der Waals surface area contributed by atoms with Crippen molar-refractivity contribution >= 4 is 27.5 Å².